The van der Waals surface area contributed by atoms with Crippen molar-refractivity contribution in [1.82, 2.24) is 14.9 Å². The fourth-order valence-electron chi connectivity index (χ4n) is 3.11. The van der Waals surface area contributed by atoms with Crippen molar-refractivity contribution in [2.45, 2.75) is 26.3 Å². The molecule has 0 aliphatic rings. The molecule has 0 saturated carbocycles. The molecule has 3 rings (SSSR count). The topological polar surface area (TPSA) is 56.1 Å². The first-order valence-electron chi connectivity index (χ1n) is 8.93. The van der Waals surface area contributed by atoms with Gasteiger partial charge in [0.2, 0.25) is 5.91 Å². The zero-order valence-corrected chi connectivity index (χ0v) is 15.4. The van der Waals surface area contributed by atoms with E-state index in [2.05, 4.69) is 16.0 Å². The number of nitrogens with one attached hydrogen (secondary N) is 1. The normalized spacial score (nSPS) is 11.0. The smallest absolute Gasteiger partial charge is 0.224 e. The molecule has 26 heavy (non-hydrogen) atoms. The van der Waals surface area contributed by atoms with Gasteiger partial charge >= 0.3 is 0 Å². The van der Waals surface area contributed by atoms with E-state index in [0.717, 1.165) is 34.5 Å². The Kier molecular flexibility index (Phi) is 6.02. The molecule has 0 saturated heterocycles. The second-order valence-electron chi connectivity index (χ2n) is 6.36. The lowest BCUT2D eigenvalue weighted by molar-refractivity contribution is -0.120. The summed E-state index contributed by atoms with van der Waals surface area (Å²) in [5.74, 6) is 1.01. The molecule has 2 aromatic carbocycles. The minimum atomic E-state index is 0.0406. The number of carbonyl (C=O) groups is 1. The molecule has 0 fully saturated rings. The van der Waals surface area contributed by atoms with Crippen LogP contribution in [0.15, 0.2) is 48.5 Å². The molecule has 0 bridgehead atoms. The van der Waals surface area contributed by atoms with Crippen LogP contribution in [0.4, 0.5) is 0 Å². The molecular formula is C21H25N3O2. The Balaban J connectivity index is 1.62. The van der Waals surface area contributed by atoms with Crippen molar-refractivity contribution >= 4 is 16.9 Å². The van der Waals surface area contributed by atoms with E-state index in [0.29, 0.717) is 26.0 Å². The molecule has 0 spiro atoms. The van der Waals surface area contributed by atoms with Gasteiger partial charge in [-0.05, 0) is 30.2 Å². The maximum absolute atomic E-state index is 12.2. The highest BCUT2D eigenvalue weighted by molar-refractivity contribution is 5.79. The monoisotopic (exact) mass is 351 g/mol. The van der Waals surface area contributed by atoms with Crippen LogP contribution in [0, 0.1) is 6.92 Å². The van der Waals surface area contributed by atoms with Gasteiger partial charge in [0, 0.05) is 26.6 Å². The molecule has 0 aliphatic heterocycles. The summed E-state index contributed by atoms with van der Waals surface area (Å²) in [5, 5.41) is 3.01. The summed E-state index contributed by atoms with van der Waals surface area (Å²) in [4.78, 5) is 16.9. The lowest BCUT2D eigenvalue weighted by Gasteiger charge is -2.10. The van der Waals surface area contributed by atoms with Gasteiger partial charge < -0.3 is 14.6 Å². The largest absolute Gasteiger partial charge is 0.383 e. The van der Waals surface area contributed by atoms with Crippen LogP contribution in [0.1, 0.15) is 17.0 Å². The molecule has 5 heteroatoms. The molecule has 1 N–H and O–H groups in total. The van der Waals surface area contributed by atoms with Gasteiger partial charge in [-0.1, -0.05) is 36.4 Å². The molecule has 0 radical (unpaired) electrons. The molecule has 0 aliphatic carbocycles. The number of hydrogen-bond acceptors (Lipinski definition) is 3. The Morgan fingerprint density at radius 3 is 2.73 bits per heavy atom. The molecule has 0 unspecified atom stereocenters. The highest BCUT2D eigenvalue weighted by Crippen LogP contribution is 2.16. The number of imidazole rings is 1. The third-order valence-corrected chi connectivity index (χ3v) is 4.54. The molecule has 1 amide bonds. The maximum atomic E-state index is 12.2. The van der Waals surface area contributed by atoms with Crippen LogP contribution in [-0.2, 0) is 28.9 Å². The number of nitrogens with zero attached hydrogens (tertiary/aromatic N) is 2. The van der Waals surface area contributed by atoms with Crippen molar-refractivity contribution in [1.29, 1.82) is 0 Å². The number of carbonyl (C=O) groups excluding carboxylic acids is 1. The number of hydrogen-bond donors (Lipinski definition) is 1. The second kappa shape index (κ2) is 8.63. The number of aromatic nitrogens is 2. The zero-order chi connectivity index (χ0) is 18.4. The van der Waals surface area contributed by atoms with Crippen molar-refractivity contribution in [3.63, 3.8) is 0 Å². The van der Waals surface area contributed by atoms with E-state index in [4.69, 9.17) is 9.72 Å². The van der Waals surface area contributed by atoms with Crippen LogP contribution in [0.25, 0.3) is 11.0 Å². The number of benzene rings is 2. The second-order valence-corrected chi connectivity index (χ2v) is 6.36. The van der Waals surface area contributed by atoms with Crippen molar-refractivity contribution in [3.05, 3.63) is 65.5 Å². The van der Waals surface area contributed by atoms with E-state index in [1.165, 1.54) is 0 Å². The average molecular weight is 351 g/mol. The standard InChI is InChI=1S/C21H25N3O2/c1-16-7-3-4-8-17(16)15-21(25)22-12-11-20-23-18-9-5-6-10-19(18)24(20)13-14-26-2/h3-10H,11-15H2,1-2H3,(H,22,25). The quantitative estimate of drug-likeness (QED) is 0.679. The van der Waals surface area contributed by atoms with E-state index in [9.17, 15) is 4.79 Å². The Morgan fingerprint density at radius 1 is 1.15 bits per heavy atom. The Morgan fingerprint density at radius 2 is 1.92 bits per heavy atom. The summed E-state index contributed by atoms with van der Waals surface area (Å²) in [6.07, 6.45) is 1.10. The summed E-state index contributed by atoms with van der Waals surface area (Å²) >= 11 is 0. The Bertz CT molecular complexity index is 886. The molecular weight excluding hydrogens is 326 g/mol. The van der Waals surface area contributed by atoms with E-state index in [1.807, 2.05) is 49.4 Å². The highest BCUT2D eigenvalue weighted by Gasteiger charge is 2.11. The van der Waals surface area contributed by atoms with Gasteiger partial charge in [0.05, 0.1) is 24.1 Å². The third-order valence-electron chi connectivity index (χ3n) is 4.54. The van der Waals surface area contributed by atoms with Crippen molar-refractivity contribution in [2.75, 3.05) is 20.3 Å². The first kappa shape index (κ1) is 18.1. The molecule has 0 atom stereocenters. The number of aryl methyl sites for hydroxylation is 1. The van der Waals surface area contributed by atoms with Crippen LogP contribution in [0.2, 0.25) is 0 Å². The summed E-state index contributed by atoms with van der Waals surface area (Å²) < 4.78 is 7.39. The first-order valence-corrected chi connectivity index (χ1v) is 8.93. The van der Waals surface area contributed by atoms with E-state index in [1.54, 1.807) is 7.11 Å². The molecule has 3 aromatic rings. The molecule has 1 heterocycles. The van der Waals surface area contributed by atoms with Crippen LogP contribution in [-0.4, -0.2) is 35.7 Å². The van der Waals surface area contributed by atoms with Crippen molar-refractivity contribution < 1.29 is 9.53 Å². The number of fused-ring (bicyclic) bond motifs is 1. The van der Waals surface area contributed by atoms with Gasteiger partial charge in [-0.3, -0.25) is 4.79 Å². The van der Waals surface area contributed by atoms with E-state index >= 15 is 0 Å². The fourth-order valence-corrected chi connectivity index (χ4v) is 3.11. The predicted molar refractivity (Wildman–Crippen MR) is 103 cm³/mol. The van der Waals surface area contributed by atoms with Gasteiger partial charge in [-0.25, -0.2) is 4.98 Å². The predicted octanol–water partition coefficient (Wildman–Crippen LogP) is 2.89. The number of methoxy groups -OCH3 is 1. The SMILES string of the molecule is COCCn1c(CCNC(=O)Cc2ccccc2C)nc2ccccc21. The third kappa shape index (κ3) is 4.29. The number of rotatable bonds is 8. The van der Waals surface area contributed by atoms with E-state index in [-0.39, 0.29) is 5.91 Å². The highest BCUT2D eigenvalue weighted by atomic mass is 16.5. The lowest BCUT2D eigenvalue weighted by atomic mass is 10.1. The van der Waals surface area contributed by atoms with Crippen LogP contribution in [0.5, 0.6) is 0 Å². The average Bonchev–Trinajstić information content (AvgIpc) is 2.99. The summed E-state index contributed by atoms with van der Waals surface area (Å²) in [6, 6.07) is 16.1. The fraction of sp³-hybridized carbons (Fsp3) is 0.333. The van der Waals surface area contributed by atoms with E-state index < -0.39 is 0 Å². The number of para-hydroxylation sites is 2. The van der Waals surface area contributed by atoms with Crippen molar-refractivity contribution in [3.8, 4) is 0 Å². The minimum absolute atomic E-state index is 0.0406. The summed E-state index contributed by atoms with van der Waals surface area (Å²) in [7, 11) is 1.70. The van der Waals surface area contributed by atoms with Gasteiger partial charge in [0.15, 0.2) is 0 Å². The maximum Gasteiger partial charge on any atom is 0.224 e. The Labute approximate surface area is 154 Å². The van der Waals surface area contributed by atoms with Crippen LogP contribution in [0.3, 0.4) is 0 Å². The molecule has 136 valence electrons. The van der Waals surface area contributed by atoms with Gasteiger partial charge in [0.1, 0.15) is 5.82 Å². The van der Waals surface area contributed by atoms with Gasteiger partial charge in [-0.15, -0.1) is 0 Å². The number of amides is 1. The summed E-state index contributed by atoms with van der Waals surface area (Å²) in [6.45, 7) is 3.98. The van der Waals surface area contributed by atoms with Crippen LogP contribution >= 0.6 is 0 Å². The summed E-state index contributed by atoms with van der Waals surface area (Å²) in [5.41, 5.74) is 4.29. The zero-order valence-electron chi connectivity index (χ0n) is 15.4. The van der Waals surface area contributed by atoms with Gasteiger partial charge in [0.25, 0.3) is 0 Å². The molecule has 1 aromatic heterocycles. The Hall–Kier alpha value is -2.66. The van der Waals surface area contributed by atoms with Crippen molar-refractivity contribution in [2.24, 2.45) is 0 Å². The lowest BCUT2D eigenvalue weighted by Crippen LogP contribution is -2.28. The molecule has 5 nitrogen and oxygen atoms in total. The van der Waals surface area contributed by atoms with Gasteiger partial charge in [-0.2, -0.15) is 0 Å². The van der Waals surface area contributed by atoms with Crippen LogP contribution < -0.4 is 5.32 Å². The first-order chi connectivity index (χ1) is 12.7. The number of ether oxygens (including phenoxy) is 1. The minimum Gasteiger partial charge on any atom is -0.383 e.